The molecule has 1 saturated heterocycles. The summed E-state index contributed by atoms with van der Waals surface area (Å²) < 4.78 is 0. The number of carbonyl (C=O) groups is 2. The summed E-state index contributed by atoms with van der Waals surface area (Å²) in [6.07, 6.45) is 1.67. The van der Waals surface area contributed by atoms with Gasteiger partial charge in [-0.2, -0.15) is 0 Å². The molecule has 0 radical (unpaired) electrons. The van der Waals surface area contributed by atoms with E-state index in [0.29, 0.717) is 25.4 Å². The Balaban J connectivity index is 2.44. The van der Waals surface area contributed by atoms with Gasteiger partial charge in [-0.15, -0.1) is 0 Å². The highest BCUT2D eigenvalue weighted by Gasteiger charge is 2.33. The SMILES string of the molecule is CCC(CNC(=O)N1CCC(C)C1CO)CC(=O)O. The minimum absolute atomic E-state index is 0.0269. The van der Waals surface area contributed by atoms with Crippen molar-refractivity contribution in [3.05, 3.63) is 0 Å². The van der Waals surface area contributed by atoms with E-state index >= 15 is 0 Å². The molecule has 6 nitrogen and oxygen atoms in total. The van der Waals surface area contributed by atoms with Crippen LogP contribution in [0.2, 0.25) is 0 Å². The van der Waals surface area contributed by atoms with Gasteiger partial charge in [0.2, 0.25) is 0 Å². The number of aliphatic hydroxyl groups is 1. The van der Waals surface area contributed by atoms with Crippen molar-refractivity contribution >= 4 is 12.0 Å². The third-order valence-electron chi connectivity index (χ3n) is 3.91. The molecule has 0 aromatic heterocycles. The highest BCUT2D eigenvalue weighted by Crippen LogP contribution is 2.23. The minimum Gasteiger partial charge on any atom is -0.481 e. The second-order valence-electron chi connectivity index (χ2n) is 5.27. The number of hydrogen-bond donors (Lipinski definition) is 3. The smallest absolute Gasteiger partial charge is 0.317 e. The summed E-state index contributed by atoms with van der Waals surface area (Å²) in [6, 6.07) is -0.327. The molecule has 3 unspecified atom stereocenters. The van der Waals surface area contributed by atoms with Crippen LogP contribution in [0.1, 0.15) is 33.1 Å². The van der Waals surface area contributed by atoms with Gasteiger partial charge in [0, 0.05) is 19.5 Å². The van der Waals surface area contributed by atoms with Crippen LogP contribution in [0.15, 0.2) is 0 Å². The summed E-state index contributed by atoms with van der Waals surface area (Å²) in [4.78, 5) is 24.3. The van der Waals surface area contributed by atoms with Crippen molar-refractivity contribution in [1.82, 2.24) is 10.2 Å². The fourth-order valence-electron chi connectivity index (χ4n) is 2.48. The highest BCUT2D eigenvalue weighted by atomic mass is 16.4. The van der Waals surface area contributed by atoms with Crippen LogP contribution in [0.4, 0.5) is 4.79 Å². The van der Waals surface area contributed by atoms with E-state index in [1.807, 2.05) is 13.8 Å². The zero-order valence-corrected chi connectivity index (χ0v) is 11.6. The topological polar surface area (TPSA) is 89.9 Å². The van der Waals surface area contributed by atoms with Crippen molar-refractivity contribution in [3.63, 3.8) is 0 Å². The molecular formula is C13H24N2O4. The van der Waals surface area contributed by atoms with Crippen LogP contribution in [0.3, 0.4) is 0 Å². The molecule has 3 atom stereocenters. The number of nitrogens with one attached hydrogen (secondary N) is 1. The fraction of sp³-hybridized carbons (Fsp3) is 0.846. The van der Waals surface area contributed by atoms with Crippen LogP contribution < -0.4 is 5.32 Å². The summed E-state index contributed by atoms with van der Waals surface area (Å²) in [5, 5.41) is 20.8. The van der Waals surface area contributed by atoms with Gasteiger partial charge in [-0.25, -0.2) is 4.79 Å². The molecule has 110 valence electrons. The van der Waals surface area contributed by atoms with E-state index in [9.17, 15) is 14.7 Å². The summed E-state index contributed by atoms with van der Waals surface area (Å²) in [5.74, 6) is -0.588. The van der Waals surface area contributed by atoms with Gasteiger partial charge in [-0.05, 0) is 18.3 Å². The van der Waals surface area contributed by atoms with Gasteiger partial charge in [-0.1, -0.05) is 20.3 Å². The fourth-order valence-corrected chi connectivity index (χ4v) is 2.48. The molecule has 19 heavy (non-hydrogen) atoms. The summed E-state index contributed by atoms with van der Waals surface area (Å²) >= 11 is 0. The predicted molar refractivity (Wildman–Crippen MR) is 70.8 cm³/mol. The van der Waals surface area contributed by atoms with Crippen LogP contribution >= 0.6 is 0 Å². The van der Waals surface area contributed by atoms with Crippen molar-refractivity contribution in [3.8, 4) is 0 Å². The van der Waals surface area contributed by atoms with E-state index in [-0.39, 0.29) is 31.0 Å². The van der Waals surface area contributed by atoms with Crippen LogP contribution in [-0.4, -0.2) is 52.9 Å². The first kappa shape index (κ1) is 15.8. The Morgan fingerprint density at radius 1 is 1.47 bits per heavy atom. The minimum atomic E-state index is -0.843. The van der Waals surface area contributed by atoms with E-state index in [0.717, 1.165) is 6.42 Å². The Kier molecular flexibility index (Phi) is 6.08. The maximum absolute atomic E-state index is 12.0. The van der Waals surface area contributed by atoms with Crippen LogP contribution in [0.5, 0.6) is 0 Å². The number of hydrogen-bond acceptors (Lipinski definition) is 3. The van der Waals surface area contributed by atoms with Gasteiger partial charge in [0.25, 0.3) is 0 Å². The molecule has 3 N–H and O–H groups in total. The lowest BCUT2D eigenvalue weighted by Gasteiger charge is -2.26. The molecule has 0 aliphatic carbocycles. The first-order chi connectivity index (χ1) is 8.99. The molecule has 2 amide bonds. The largest absolute Gasteiger partial charge is 0.481 e. The predicted octanol–water partition coefficient (Wildman–Crippen LogP) is 0.900. The van der Waals surface area contributed by atoms with E-state index < -0.39 is 5.97 Å². The molecule has 0 spiro atoms. The van der Waals surface area contributed by atoms with Crippen molar-refractivity contribution < 1.29 is 19.8 Å². The van der Waals surface area contributed by atoms with Crippen LogP contribution in [0.25, 0.3) is 0 Å². The average molecular weight is 272 g/mol. The van der Waals surface area contributed by atoms with Crippen LogP contribution in [0, 0.1) is 11.8 Å². The van der Waals surface area contributed by atoms with Gasteiger partial charge in [0.15, 0.2) is 0 Å². The van der Waals surface area contributed by atoms with Crippen molar-refractivity contribution in [2.45, 2.75) is 39.2 Å². The number of aliphatic hydroxyl groups excluding tert-OH is 1. The summed E-state index contributed by atoms with van der Waals surface area (Å²) in [5.41, 5.74) is 0. The molecule has 6 heteroatoms. The standard InChI is InChI=1S/C13H24N2O4/c1-3-10(6-12(17)18)7-14-13(19)15-5-4-9(2)11(15)8-16/h9-11,16H,3-8H2,1-2H3,(H,14,19)(H,17,18). The Hall–Kier alpha value is -1.30. The second kappa shape index (κ2) is 7.33. The monoisotopic (exact) mass is 272 g/mol. The van der Waals surface area contributed by atoms with Gasteiger partial charge in [0.1, 0.15) is 0 Å². The van der Waals surface area contributed by atoms with E-state index in [1.165, 1.54) is 0 Å². The lowest BCUT2D eigenvalue weighted by molar-refractivity contribution is -0.138. The third-order valence-corrected chi connectivity index (χ3v) is 3.91. The number of amides is 2. The summed E-state index contributed by atoms with van der Waals surface area (Å²) in [7, 11) is 0. The van der Waals surface area contributed by atoms with Gasteiger partial charge < -0.3 is 20.4 Å². The van der Waals surface area contributed by atoms with Crippen molar-refractivity contribution in [2.24, 2.45) is 11.8 Å². The van der Waals surface area contributed by atoms with Gasteiger partial charge >= 0.3 is 12.0 Å². The van der Waals surface area contributed by atoms with E-state index in [1.54, 1.807) is 4.90 Å². The molecule has 1 aliphatic heterocycles. The number of nitrogens with zero attached hydrogens (tertiary/aromatic N) is 1. The number of likely N-dealkylation sites (tertiary alicyclic amines) is 1. The van der Waals surface area contributed by atoms with Crippen LogP contribution in [-0.2, 0) is 4.79 Å². The number of carboxylic acids is 1. The maximum atomic E-state index is 12.0. The highest BCUT2D eigenvalue weighted by molar-refractivity contribution is 5.75. The number of urea groups is 1. The zero-order valence-electron chi connectivity index (χ0n) is 11.6. The Morgan fingerprint density at radius 3 is 2.68 bits per heavy atom. The lowest BCUT2D eigenvalue weighted by atomic mass is 10.0. The quantitative estimate of drug-likeness (QED) is 0.670. The normalized spacial score (nSPS) is 24.3. The second-order valence-corrected chi connectivity index (χ2v) is 5.27. The van der Waals surface area contributed by atoms with Gasteiger partial charge in [0.05, 0.1) is 12.6 Å². The molecule has 1 rings (SSSR count). The Morgan fingerprint density at radius 2 is 2.16 bits per heavy atom. The number of carboxylic acid groups (broad SMARTS) is 1. The Bertz CT molecular complexity index is 322. The molecule has 0 aromatic carbocycles. The van der Waals surface area contributed by atoms with E-state index in [2.05, 4.69) is 5.32 Å². The average Bonchev–Trinajstić information content (AvgIpc) is 2.74. The number of aliphatic carboxylic acids is 1. The molecule has 1 aliphatic rings. The number of rotatable bonds is 6. The molecule has 0 aromatic rings. The van der Waals surface area contributed by atoms with Gasteiger partial charge in [-0.3, -0.25) is 4.79 Å². The Labute approximate surface area is 113 Å². The number of carbonyl (C=O) groups excluding carboxylic acids is 1. The lowest BCUT2D eigenvalue weighted by Crippen LogP contribution is -2.46. The van der Waals surface area contributed by atoms with Crippen molar-refractivity contribution in [1.29, 1.82) is 0 Å². The molecule has 0 bridgehead atoms. The first-order valence-electron chi connectivity index (χ1n) is 6.86. The maximum Gasteiger partial charge on any atom is 0.317 e. The molecule has 1 fully saturated rings. The molecule has 0 saturated carbocycles. The molecule has 1 heterocycles. The third kappa shape index (κ3) is 4.38. The first-order valence-corrected chi connectivity index (χ1v) is 6.86. The zero-order chi connectivity index (χ0) is 14.4. The van der Waals surface area contributed by atoms with E-state index in [4.69, 9.17) is 5.11 Å². The van der Waals surface area contributed by atoms with Crippen molar-refractivity contribution in [2.75, 3.05) is 19.7 Å². The summed E-state index contributed by atoms with van der Waals surface area (Å²) in [6.45, 7) is 4.92. The molecular weight excluding hydrogens is 248 g/mol.